The Morgan fingerprint density at radius 2 is 1.88 bits per heavy atom. The fraction of sp³-hybridized carbons (Fsp3) is 0.667. The van der Waals surface area contributed by atoms with Crippen molar-refractivity contribution in [3.8, 4) is 0 Å². The predicted molar refractivity (Wildman–Crippen MR) is 33.0 cm³/mol. The summed E-state index contributed by atoms with van der Waals surface area (Å²) in [7, 11) is 0. The SMILES string of the molecule is CC(O)(S)C(=O)O.[Li]. The van der Waals surface area contributed by atoms with Gasteiger partial charge in [0.05, 0.1) is 0 Å². The number of hydrogen-bond acceptors (Lipinski definition) is 3. The van der Waals surface area contributed by atoms with Crippen LogP contribution in [-0.2, 0) is 4.79 Å². The van der Waals surface area contributed by atoms with Crippen LogP contribution in [0.2, 0.25) is 0 Å². The van der Waals surface area contributed by atoms with Crippen LogP contribution in [-0.4, -0.2) is 40.0 Å². The van der Waals surface area contributed by atoms with E-state index in [2.05, 4.69) is 12.6 Å². The van der Waals surface area contributed by atoms with E-state index in [1.165, 1.54) is 0 Å². The summed E-state index contributed by atoms with van der Waals surface area (Å²) in [6.45, 7) is 1.08. The molecule has 1 unspecified atom stereocenters. The molecule has 1 radical (unpaired) electrons. The van der Waals surface area contributed by atoms with Crippen LogP contribution in [0.4, 0.5) is 0 Å². The molecule has 0 saturated carbocycles. The Kier molecular flexibility index (Phi) is 4.78. The van der Waals surface area contributed by atoms with E-state index in [1.54, 1.807) is 0 Å². The first kappa shape index (κ1) is 11.2. The Hall–Kier alpha value is 0.377. The maximum absolute atomic E-state index is 9.69. The second-order valence-corrected chi connectivity index (χ2v) is 2.20. The summed E-state index contributed by atoms with van der Waals surface area (Å²) in [5.41, 5.74) is 0. The first-order chi connectivity index (χ1) is 2.94. The third-order valence-electron chi connectivity index (χ3n) is 0.405. The molecule has 0 aliphatic heterocycles. The van der Waals surface area contributed by atoms with Crippen LogP contribution >= 0.6 is 12.6 Å². The van der Waals surface area contributed by atoms with Crippen LogP contribution in [0.3, 0.4) is 0 Å². The van der Waals surface area contributed by atoms with Crippen molar-refractivity contribution in [1.82, 2.24) is 0 Å². The van der Waals surface area contributed by atoms with Gasteiger partial charge in [-0.25, -0.2) is 4.79 Å². The molecule has 0 aromatic rings. The largest absolute Gasteiger partial charge is 0.478 e. The predicted octanol–water partition coefficient (Wildman–Crippen LogP) is -0.671. The van der Waals surface area contributed by atoms with E-state index in [1.807, 2.05) is 0 Å². The maximum atomic E-state index is 9.69. The number of aliphatic carboxylic acids is 1. The van der Waals surface area contributed by atoms with Crippen LogP contribution in [0.25, 0.3) is 0 Å². The molecular formula is C3H6LiO3S. The van der Waals surface area contributed by atoms with Crippen molar-refractivity contribution in [2.45, 2.75) is 11.9 Å². The zero-order valence-electron chi connectivity index (χ0n) is 4.75. The Morgan fingerprint density at radius 3 is 1.88 bits per heavy atom. The fourth-order valence-electron chi connectivity index (χ4n) is 0. The van der Waals surface area contributed by atoms with Gasteiger partial charge in [-0.1, -0.05) is 0 Å². The summed E-state index contributed by atoms with van der Waals surface area (Å²) < 4.78 is 0. The van der Waals surface area contributed by atoms with Crippen LogP contribution in [0.1, 0.15) is 6.92 Å². The molecule has 0 amide bonds. The van der Waals surface area contributed by atoms with Crippen molar-refractivity contribution in [1.29, 1.82) is 0 Å². The molecule has 0 rings (SSSR count). The van der Waals surface area contributed by atoms with Crippen molar-refractivity contribution in [3.05, 3.63) is 0 Å². The molecule has 5 heteroatoms. The molecule has 2 N–H and O–H groups in total. The van der Waals surface area contributed by atoms with Crippen LogP contribution in [0.5, 0.6) is 0 Å². The molecule has 8 heavy (non-hydrogen) atoms. The number of carboxylic acids is 1. The number of aliphatic hydroxyl groups is 1. The fourth-order valence-corrected chi connectivity index (χ4v) is 0. The minimum atomic E-state index is -1.89. The molecule has 0 aromatic carbocycles. The van der Waals surface area contributed by atoms with E-state index < -0.39 is 10.9 Å². The molecule has 0 spiro atoms. The molecule has 0 aliphatic carbocycles. The maximum Gasteiger partial charge on any atom is 0.345 e. The van der Waals surface area contributed by atoms with Crippen molar-refractivity contribution in [2.24, 2.45) is 0 Å². The van der Waals surface area contributed by atoms with Crippen molar-refractivity contribution < 1.29 is 15.0 Å². The summed E-state index contributed by atoms with van der Waals surface area (Å²) in [6, 6.07) is 0. The van der Waals surface area contributed by atoms with Gasteiger partial charge in [0.2, 0.25) is 4.93 Å². The normalized spacial score (nSPS) is 15.9. The van der Waals surface area contributed by atoms with Gasteiger partial charge in [0.25, 0.3) is 0 Å². The molecule has 0 aromatic heterocycles. The first-order valence-corrected chi connectivity index (χ1v) is 2.07. The zero-order valence-corrected chi connectivity index (χ0v) is 5.64. The molecule has 3 nitrogen and oxygen atoms in total. The topological polar surface area (TPSA) is 57.5 Å². The summed E-state index contributed by atoms with van der Waals surface area (Å²) in [6.07, 6.45) is 0. The number of carboxylic acid groups (broad SMARTS) is 1. The van der Waals surface area contributed by atoms with Crippen LogP contribution < -0.4 is 0 Å². The van der Waals surface area contributed by atoms with Gasteiger partial charge >= 0.3 is 5.97 Å². The standard InChI is InChI=1S/C3H6O3S.Li/c1-3(6,7)2(4)5;/h6-7H,1H3,(H,4,5);. The van der Waals surface area contributed by atoms with Crippen molar-refractivity contribution in [2.75, 3.05) is 0 Å². The van der Waals surface area contributed by atoms with Gasteiger partial charge in [-0.05, 0) is 6.92 Å². The molecule has 0 bridgehead atoms. The second kappa shape index (κ2) is 3.41. The van der Waals surface area contributed by atoms with Crippen LogP contribution in [0, 0.1) is 0 Å². The molecule has 0 saturated heterocycles. The van der Waals surface area contributed by atoms with Crippen molar-refractivity contribution >= 4 is 37.5 Å². The van der Waals surface area contributed by atoms with Gasteiger partial charge < -0.3 is 10.2 Å². The number of carbonyl (C=O) groups is 1. The summed E-state index contributed by atoms with van der Waals surface area (Å²) in [5, 5.41) is 16.3. The van der Waals surface area contributed by atoms with E-state index in [-0.39, 0.29) is 18.9 Å². The molecule has 0 heterocycles. The molecular weight excluding hydrogens is 123 g/mol. The molecule has 43 valence electrons. The quantitative estimate of drug-likeness (QED) is 0.250. The van der Waals surface area contributed by atoms with E-state index in [4.69, 9.17) is 10.2 Å². The van der Waals surface area contributed by atoms with Gasteiger partial charge in [-0.3, -0.25) is 0 Å². The second-order valence-electron chi connectivity index (χ2n) is 1.33. The average molecular weight is 129 g/mol. The summed E-state index contributed by atoms with van der Waals surface area (Å²) in [4.78, 5) is 7.81. The Balaban J connectivity index is 0. The minimum Gasteiger partial charge on any atom is -0.478 e. The minimum absolute atomic E-state index is 0. The van der Waals surface area contributed by atoms with E-state index >= 15 is 0 Å². The molecule has 0 aliphatic rings. The summed E-state index contributed by atoms with van der Waals surface area (Å²) >= 11 is 3.31. The van der Waals surface area contributed by atoms with Crippen molar-refractivity contribution in [3.63, 3.8) is 0 Å². The molecule has 0 fully saturated rings. The van der Waals surface area contributed by atoms with Gasteiger partial charge in [0.1, 0.15) is 0 Å². The van der Waals surface area contributed by atoms with Gasteiger partial charge in [0, 0.05) is 18.9 Å². The summed E-state index contributed by atoms with van der Waals surface area (Å²) in [5.74, 6) is -1.34. The Labute approximate surface area is 64.7 Å². The van der Waals surface area contributed by atoms with Gasteiger partial charge in [-0.15, -0.1) is 12.6 Å². The van der Waals surface area contributed by atoms with E-state index in [0.717, 1.165) is 6.92 Å². The Morgan fingerprint density at radius 1 is 1.75 bits per heavy atom. The smallest absolute Gasteiger partial charge is 0.345 e. The zero-order chi connectivity index (χ0) is 6.08. The first-order valence-electron chi connectivity index (χ1n) is 1.62. The van der Waals surface area contributed by atoms with E-state index in [0.29, 0.717) is 0 Å². The Bertz CT molecular complexity index is 87.0. The third-order valence-corrected chi connectivity index (χ3v) is 0.596. The molecule has 1 atom stereocenters. The van der Waals surface area contributed by atoms with Gasteiger partial charge in [-0.2, -0.15) is 0 Å². The number of hydrogen-bond donors (Lipinski definition) is 3. The monoisotopic (exact) mass is 129 g/mol. The number of thiol groups is 1. The van der Waals surface area contributed by atoms with Gasteiger partial charge in [0.15, 0.2) is 0 Å². The van der Waals surface area contributed by atoms with Crippen LogP contribution in [0.15, 0.2) is 0 Å². The average Bonchev–Trinajstić information content (AvgIpc) is 1.31. The number of rotatable bonds is 1. The third kappa shape index (κ3) is 4.53. The van der Waals surface area contributed by atoms with E-state index in [9.17, 15) is 4.79 Å².